The molecule has 1 aliphatic rings. The Balaban J connectivity index is 1.60. The number of imidazole rings is 1. The summed E-state index contributed by atoms with van der Waals surface area (Å²) < 4.78 is 18.7. The molecule has 2 N–H and O–H groups in total. The van der Waals surface area contributed by atoms with Crippen molar-refractivity contribution in [2.45, 2.75) is 25.8 Å². The van der Waals surface area contributed by atoms with Gasteiger partial charge >= 0.3 is 0 Å². The first-order chi connectivity index (χ1) is 13.3. The zero-order valence-corrected chi connectivity index (χ0v) is 16.9. The molecule has 0 bridgehead atoms. The summed E-state index contributed by atoms with van der Waals surface area (Å²) >= 11 is 0. The summed E-state index contributed by atoms with van der Waals surface area (Å²) in [6.45, 7) is 2.04. The largest absolute Gasteiger partial charge is 0.328 e. The zero-order valence-electron chi connectivity index (χ0n) is 16.0. The second-order valence-electron chi connectivity index (χ2n) is 7.78. The number of fused-ring (bicyclic) bond motifs is 1. The van der Waals surface area contributed by atoms with Crippen LogP contribution in [0.25, 0.3) is 16.7 Å². The molecule has 6 nitrogen and oxygen atoms in total. The lowest BCUT2D eigenvalue weighted by atomic mass is 9.82. The highest BCUT2D eigenvalue weighted by Gasteiger charge is 2.28. The molecule has 1 aliphatic carbocycles. The highest BCUT2D eigenvalue weighted by Crippen LogP contribution is 2.27. The zero-order chi connectivity index (χ0) is 19.9. The van der Waals surface area contributed by atoms with Gasteiger partial charge in [0.1, 0.15) is 6.33 Å². The normalized spacial score (nSPS) is 21.1. The van der Waals surface area contributed by atoms with Crippen LogP contribution in [0.1, 0.15) is 28.8 Å². The third-order valence-corrected chi connectivity index (χ3v) is 6.81. The lowest BCUT2D eigenvalue weighted by Gasteiger charge is -2.32. The highest BCUT2D eigenvalue weighted by molar-refractivity contribution is 7.93. The second kappa shape index (κ2) is 7.14. The Morgan fingerprint density at radius 3 is 2.79 bits per heavy atom. The summed E-state index contributed by atoms with van der Waals surface area (Å²) in [7, 11) is -2.56. The number of amides is 1. The van der Waals surface area contributed by atoms with E-state index < -0.39 is 15.6 Å². The van der Waals surface area contributed by atoms with Crippen LogP contribution in [-0.4, -0.2) is 37.7 Å². The maximum absolute atomic E-state index is 12.7. The van der Waals surface area contributed by atoms with Gasteiger partial charge < -0.3 is 5.73 Å². The average molecular weight is 397 g/mol. The summed E-state index contributed by atoms with van der Waals surface area (Å²) in [5.41, 5.74) is 9.98. The Kier molecular flexibility index (Phi) is 4.81. The van der Waals surface area contributed by atoms with Crippen LogP contribution >= 0.6 is 0 Å². The molecular formula is C21H24N4O2S. The molecule has 0 radical (unpaired) electrons. The van der Waals surface area contributed by atoms with Gasteiger partial charge in [0.2, 0.25) is 0 Å². The molecular weight excluding hydrogens is 372 g/mol. The molecule has 0 spiro atoms. The number of nitrogens with two attached hydrogens (primary N) is 1. The molecule has 1 saturated carbocycles. The van der Waals surface area contributed by atoms with Gasteiger partial charge in [-0.2, -0.15) is 4.36 Å². The number of hydrogen-bond acceptors (Lipinski definition) is 4. The quantitative estimate of drug-likeness (QED) is 0.732. The van der Waals surface area contributed by atoms with E-state index >= 15 is 0 Å². The minimum absolute atomic E-state index is 0.196. The fourth-order valence-electron chi connectivity index (χ4n) is 3.76. The predicted molar refractivity (Wildman–Crippen MR) is 112 cm³/mol. The van der Waals surface area contributed by atoms with Gasteiger partial charge in [0, 0.05) is 29.3 Å². The lowest BCUT2D eigenvalue weighted by molar-refractivity contribution is 0.100. The van der Waals surface area contributed by atoms with Gasteiger partial charge in [-0.1, -0.05) is 12.1 Å². The van der Waals surface area contributed by atoms with Crippen LogP contribution in [0.5, 0.6) is 0 Å². The van der Waals surface area contributed by atoms with E-state index in [1.807, 2.05) is 35.8 Å². The van der Waals surface area contributed by atoms with E-state index in [9.17, 15) is 9.00 Å². The minimum atomic E-state index is -2.56. The van der Waals surface area contributed by atoms with Crippen molar-refractivity contribution in [3.63, 3.8) is 0 Å². The Hall–Kier alpha value is -2.51. The van der Waals surface area contributed by atoms with Gasteiger partial charge in [-0.05, 0) is 61.6 Å². The molecule has 1 aromatic heterocycles. The first-order valence-corrected chi connectivity index (χ1v) is 11.4. The number of carbonyl (C=O) groups excluding carboxylic acids is 1. The number of benzene rings is 2. The second-order valence-corrected chi connectivity index (χ2v) is 10.2. The highest BCUT2D eigenvalue weighted by atomic mass is 32.2. The van der Waals surface area contributed by atoms with E-state index in [0.717, 1.165) is 29.6 Å². The summed E-state index contributed by atoms with van der Waals surface area (Å²) in [6.07, 6.45) is 5.02. The molecule has 1 fully saturated rings. The predicted octanol–water partition coefficient (Wildman–Crippen LogP) is 3.31. The van der Waals surface area contributed by atoms with Crippen LogP contribution in [0.3, 0.4) is 0 Å². The monoisotopic (exact) mass is 396 g/mol. The van der Waals surface area contributed by atoms with Crippen LogP contribution in [0.2, 0.25) is 0 Å². The molecule has 1 atom stereocenters. The maximum atomic E-state index is 12.7. The SMILES string of the molecule is Cc1cccc(-n2cnc3cc(C(=O)N=S(C)(=O)CC4CC(N)C4)ccc32)c1. The van der Waals surface area contributed by atoms with Gasteiger partial charge in [-0.25, -0.2) is 9.19 Å². The van der Waals surface area contributed by atoms with Gasteiger partial charge in [0.05, 0.1) is 20.8 Å². The minimum Gasteiger partial charge on any atom is -0.328 e. The van der Waals surface area contributed by atoms with E-state index in [0.29, 0.717) is 22.8 Å². The number of hydrogen-bond donors (Lipinski definition) is 1. The van der Waals surface area contributed by atoms with Crippen molar-refractivity contribution in [1.29, 1.82) is 0 Å². The van der Waals surface area contributed by atoms with E-state index in [1.165, 1.54) is 0 Å². The Bertz CT molecular complexity index is 1170. The molecule has 1 amide bonds. The van der Waals surface area contributed by atoms with Crippen molar-refractivity contribution in [2.75, 3.05) is 12.0 Å². The molecule has 1 heterocycles. The van der Waals surface area contributed by atoms with E-state index in [1.54, 1.807) is 24.7 Å². The molecule has 0 saturated heterocycles. The molecule has 7 heteroatoms. The topological polar surface area (TPSA) is 90.3 Å². The van der Waals surface area contributed by atoms with E-state index in [2.05, 4.69) is 15.4 Å². The van der Waals surface area contributed by atoms with Crippen molar-refractivity contribution < 1.29 is 9.00 Å². The summed E-state index contributed by atoms with van der Waals surface area (Å²) in [5.74, 6) is 0.274. The molecule has 1 unspecified atom stereocenters. The number of nitrogens with zero attached hydrogens (tertiary/aromatic N) is 3. The van der Waals surface area contributed by atoms with Crippen molar-refractivity contribution in [3.05, 3.63) is 59.9 Å². The molecule has 3 aromatic rings. The van der Waals surface area contributed by atoms with Gasteiger partial charge in [0.25, 0.3) is 5.91 Å². The van der Waals surface area contributed by atoms with Gasteiger partial charge in [0.15, 0.2) is 0 Å². The fourth-order valence-corrected chi connectivity index (χ4v) is 5.43. The summed E-state index contributed by atoms with van der Waals surface area (Å²) in [6, 6.07) is 13.6. The Labute approximate surface area is 165 Å². The van der Waals surface area contributed by atoms with E-state index in [4.69, 9.17) is 5.73 Å². The first kappa shape index (κ1) is 18.8. The standard InChI is InChI=1S/C21H24N4O2S/c1-14-4-3-5-18(8-14)25-13-23-19-11-16(6-7-20(19)25)21(26)24-28(2,27)12-15-9-17(22)10-15/h3-8,11,13,15,17H,9-10,12,22H2,1-2H3. The third-order valence-electron chi connectivity index (χ3n) is 5.17. The van der Waals surface area contributed by atoms with Crippen molar-refractivity contribution in [3.8, 4) is 5.69 Å². The number of aryl methyl sites for hydroxylation is 1. The average Bonchev–Trinajstić information content (AvgIpc) is 3.03. The number of carbonyl (C=O) groups is 1. The van der Waals surface area contributed by atoms with Crippen LogP contribution in [-0.2, 0) is 9.73 Å². The van der Waals surface area contributed by atoms with Crippen LogP contribution < -0.4 is 5.73 Å². The maximum Gasteiger partial charge on any atom is 0.285 e. The van der Waals surface area contributed by atoms with Gasteiger partial charge in [-0.3, -0.25) is 9.36 Å². The Morgan fingerprint density at radius 2 is 2.07 bits per heavy atom. The number of rotatable bonds is 4. The molecule has 4 rings (SSSR count). The van der Waals surface area contributed by atoms with Crippen molar-refractivity contribution in [2.24, 2.45) is 16.0 Å². The Morgan fingerprint density at radius 1 is 1.29 bits per heavy atom. The number of aromatic nitrogens is 2. The van der Waals surface area contributed by atoms with E-state index in [-0.39, 0.29) is 6.04 Å². The summed E-state index contributed by atoms with van der Waals surface area (Å²) in [4.78, 5) is 17.0. The van der Waals surface area contributed by atoms with Crippen LogP contribution in [0.4, 0.5) is 0 Å². The van der Waals surface area contributed by atoms with Crippen LogP contribution in [0, 0.1) is 12.8 Å². The first-order valence-electron chi connectivity index (χ1n) is 9.35. The third kappa shape index (κ3) is 3.86. The van der Waals surface area contributed by atoms with Crippen molar-refractivity contribution >= 4 is 26.7 Å². The van der Waals surface area contributed by atoms with Crippen LogP contribution in [0.15, 0.2) is 53.2 Å². The fraction of sp³-hybridized carbons (Fsp3) is 0.333. The molecule has 146 valence electrons. The van der Waals surface area contributed by atoms with Gasteiger partial charge in [-0.15, -0.1) is 0 Å². The molecule has 0 aliphatic heterocycles. The van der Waals surface area contributed by atoms with Crippen molar-refractivity contribution in [1.82, 2.24) is 9.55 Å². The summed E-state index contributed by atoms with van der Waals surface area (Å²) in [5, 5.41) is 0. The lowest BCUT2D eigenvalue weighted by Crippen LogP contribution is -2.39. The smallest absolute Gasteiger partial charge is 0.285 e. The molecule has 2 aromatic carbocycles. The molecule has 28 heavy (non-hydrogen) atoms.